The predicted molar refractivity (Wildman–Crippen MR) is 102 cm³/mol. The minimum Gasteiger partial charge on any atom is -0.454 e. The molecule has 0 fully saturated rings. The molecular formula is C19H22N6O2. The lowest BCUT2D eigenvalue weighted by atomic mass is 10.2. The van der Waals surface area contributed by atoms with Gasteiger partial charge in [0.05, 0.1) is 6.54 Å². The Kier molecular flexibility index (Phi) is 5.04. The van der Waals surface area contributed by atoms with Crippen LogP contribution < -0.4 is 20.1 Å². The van der Waals surface area contributed by atoms with Crippen molar-refractivity contribution in [3.8, 4) is 11.5 Å². The second kappa shape index (κ2) is 7.94. The zero-order valence-corrected chi connectivity index (χ0v) is 15.2. The van der Waals surface area contributed by atoms with Crippen molar-refractivity contribution in [3.05, 3.63) is 54.0 Å². The van der Waals surface area contributed by atoms with Crippen LogP contribution in [-0.4, -0.2) is 40.4 Å². The van der Waals surface area contributed by atoms with Crippen molar-refractivity contribution in [3.63, 3.8) is 0 Å². The average Bonchev–Trinajstić information content (AvgIpc) is 3.32. The smallest absolute Gasteiger partial charge is 0.231 e. The van der Waals surface area contributed by atoms with Gasteiger partial charge in [0, 0.05) is 25.7 Å². The Balaban J connectivity index is 1.36. The Morgan fingerprint density at radius 2 is 2.07 bits per heavy atom. The summed E-state index contributed by atoms with van der Waals surface area (Å²) in [5.74, 6) is 3.25. The molecule has 3 heterocycles. The normalized spacial score (nSPS) is 13.1. The molecule has 4 rings (SSSR count). The van der Waals surface area contributed by atoms with E-state index in [2.05, 4.69) is 25.8 Å². The molecule has 140 valence electrons. The number of aliphatic imine (C=N–C) groups is 1. The van der Waals surface area contributed by atoms with Gasteiger partial charge in [-0.05, 0) is 36.8 Å². The van der Waals surface area contributed by atoms with E-state index in [1.54, 1.807) is 0 Å². The lowest BCUT2D eigenvalue weighted by molar-refractivity contribution is 0.174. The van der Waals surface area contributed by atoms with Crippen LogP contribution in [0.25, 0.3) is 5.65 Å². The predicted octanol–water partition coefficient (Wildman–Crippen LogP) is 1.76. The van der Waals surface area contributed by atoms with Gasteiger partial charge in [0.25, 0.3) is 0 Å². The summed E-state index contributed by atoms with van der Waals surface area (Å²) < 4.78 is 12.8. The van der Waals surface area contributed by atoms with Crippen molar-refractivity contribution >= 4 is 11.6 Å². The molecule has 0 aliphatic carbocycles. The Hall–Kier alpha value is -3.29. The first-order valence-corrected chi connectivity index (χ1v) is 9.03. The zero-order chi connectivity index (χ0) is 18.5. The molecule has 3 aromatic rings. The van der Waals surface area contributed by atoms with Crippen LogP contribution in [0.1, 0.15) is 18.3 Å². The highest BCUT2D eigenvalue weighted by molar-refractivity contribution is 5.79. The first-order valence-electron chi connectivity index (χ1n) is 9.03. The third kappa shape index (κ3) is 3.94. The number of aromatic nitrogens is 3. The molecule has 8 nitrogen and oxygen atoms in total. The maximum Gasteiger partial charge on any atom is 0.231 e. The van der Waals surface area contributed by atoms with E-state index in [-0.39, 0.29) is 6.79 Å². The summed E-state index contributed by atoms with van der Waals surface area (Å²) in [6.45, 7) is 4.39. The highest BCUT2D eigenvalue weighted by Gasteiger charge is 2.13. The number of pyridine rings is 1. The highest BCUT2D eigenvalue weighted by atomic mass is 16.7. The molecule has 0 spiro atoms. The number of hydrogen-bond donors (Lipinski definition) is 2. The first kappa shape index (κ1) is 17.1. The number of benzene rings is 1. The second-order valence-electron chi connectivity index (χ2n) is 6.10. The molecule has 0 saturated carbocycles. The van der Waals surface area contributed by atoms with Crippen LogP contribution in [0.2, 0.25) is 0 Å². The van der Waals surface area contributed by atoms with E-state index in [0.717, 1.165) is 47.5 Å². The van der Waals surface area contributed by atoms with E-state index < -0.39 is 0 Å². The van der Waals surface area contributed by atoms with Gasteiger partial charge >= 0.3 is 0 Å². The minimum absolute atomic E-state index is 0.281. The van der Waals surface area contributed by atoms with Gasteiger partial charge in [0.1, 0.15) is 5.82 Å². The fourth-order valence-corrected chi connectivity index (χ4v) is 2.91. The van der Waals surface area contributed by atoms with Gasteiger partial charge in [-0.3, -0.25) is 4.40 Å². The molecule has 0 radical (unpaired) electrons. The molecule has 2 aromatic heterocycles. The fourth-order valence-electron chi connectivity index (χ4n) is 2.91. The lowest BCUT2D eigenvalue weighted by Gasteiger charge is -2.11. The van der Waals surface area contributed by atoms with Crippen LogP contribution >= 0.6 is 0 Å². The van der Waals surface area contributed by atoms with Crippen LogP contribution in [0, 0.1) is 0 Å². The average molecular weight is 366 g/mol. The SMILES string of the molecule is CCNC(=NCc1ccc2c(c1)OCO2)NCCc1nnc2ccccn12. The molecule has 0 unspecified atom stereocenters. The van der Waals surface area contributed by atoms with Crippen LogP contribution in [0.5, 0.6) is 11.5 Å². The number of fused-ring (bicyclic) bond motifs is 2. The lowest BCUT2D eigenvalue weighted by Crippen LogP contribution is -2.38. The Bertz CT molecular complexity index is 952. The molecule has 1 aliphatic heterocycles. The minimum atomic E-state index is 0.281. The summed E-state index contributed by atoms with van der Waals surface area (Å²) in [6, 6.07) is 11.8. The maximum absolute atomic E-state index is 5.42. The first-order chi connectivity index (χ1) is 13.3. The Morgan fingerprint density at radius 3 is 3.00 bits per heavy atom. The van der Waals surface area contributed by atoms with Gasteiger partial charge in [0.15, 0.2) is 23.1 Å². The second-order valence-corrected chi connectivity index (χ2v) is 6.10. The van der Waals surface area contributed by atoms with E-state index in [4.69, 9.17) is 9.47 Å². The topological polar surface area (TPSA) is 85.1 Å². The van der Waals surface area contributed by atoms with E-state index >= 15 is 0 Å². The van der Waals surface area contributed by atoms with Gasteiger partial charge < -0.3 is 20.1 Å². The molecule has 0 bridgehead atoms. The molecule has 0 saturated heterocycles. The van der Waals surface area contributed by atoms with Crippen molar-refractivity contribution in [1.29, 1.82) is 0 Å². The number of nitrogens with zero attached hydrogens (tertiary/aromatic N) is 4. The third-order valence-electron chi connectivity index (χ3n) is 4.23. The van der Waals surface area contributed by atoms with Crippen LogP contribution in [0.3, 0.4) is 0 Å². The van der Waals surface area contributed by atoms with Crippen molar-refractivity contribution in [1.82, 2.24) is 25.2 Å². The molecule has 1 aliphatic rings. The van der Waals surface area contributed by atoms with Crippen molar-refractivity contribution < 1.29 is 9.47 Å². The Labute approximate surface area is 157 Å². The number of guanidine groups is 1. The standard InChI is InChI=1S/C19H22N6O2/c1-2-20-19(22-12-14-6-7-15-16(11-14)27-13-26-15)21-9-8-18-24-23-17-5-3-4-10-25(17)18/h3-7,10-11H,2,8-9,12-13H2,1H3,(H2,20,21,22). The summed E-state index contributed by atoms with van der Waals surface area (Å²) >= 11 is 0. The molecule has 8 heteroatoms. The van der Waals surface area contributed by atoms with E-state index in [0.29, 0.717) is 13.1 Å². The monoisotopic (exact) mass is 366 g/mol. The third-order valence-corrected chi connectivity index (χ3v) is 4.23. The van der Waals surface area contributed by atoms with Gasteiger partial charge in [-0.15, -0.1) is 10.2 Å². The van der Waals surface area contributed by atoms with Crippen LogP contribution in [-0.2, 0) is 13.0 Å². The van der Waals surface area contributed by atoms with Gasteiger partial charge in [-0.25, -0.2) is 4.99 Å². The number of hydrogen-bond acceptors (Lipinski definition) is 5. The number of ether oxygens (including phenoxy) is 2. The summed E-state index contributed by atoms with van der Waals surface area (Å²) in [5.41, 5.74) is 1.93. The largest absolute Gasteiger partial charge is 0.454 e. The fraction of sp³-hybridized carbons (Fsp3) is 0.316. The van der Waals surface area contributed by atoms with Crippen LogP contribution in [0.4, 0.5) is 0 Å². The van der Waals surface area contributed by atoms with Crippen LogP contribution in [0.15, 0.2) is 47.6 Å². The summed E-state index contributed by atoms with van der Waals surface area (Å²) in [6.07, 6.45) is 2.73. The molecule has 2 N–H and O–H groups in total. The molecule has 27 heavy (non-hydrogen) atoms. The molecule has 0 atom stereocenters. The number of rotatable bonds is 6. The van der Waals surface area contributed by atoms with Crippen molar-refractivity contribution in [2.45, 2.75) is 19.9 Å². The molecular weight excluding hydrogens is 344 g/mol. The highest BCUT2D eigenvalue weighted by Crippen LogP contribution is 2.32. The van der Waals surface area contributed by atoms with Gasteiger partial charge in [-0.1, -0.05) is 12.1 Å². The van der Waals surface area contributed by atoms with Crippen molar-refractivity contribution in [2.75, 3.05) is 19.9 Å². The summed E-state index contributed by atoms with van der Waals surface area (Å²) in [7, 11) is 0. The van der Waals surface area contributed by atoms with Gasteiger partial charge in [0.2, 0.25) is 6.79 Å². The Morgan fingerprint density at radius 1 is 1.15 bits per heavy atom. The number of nitrogens with one attached hydrogen (secondary N) is 2. The van der Waals surface area contributed by atoms with E-state index in [1.165, 1.54) is 0 Å². The van der Waals surface area contributed by atoms with Crippen molar-refractivity contribution in [2.24, 2.45) is 4.99 Å². The van der Waals surface area contributed by atoms with E-state index in [9.17, 15) is 0 Å². The van der Waals surface area contributed by atoms with Gasteiger partial charge in [-0.2, -0.15) is 0 Å². The molecule has 1 aromatic carbocycles. The molecule has 0 amide bonds. The quantitative estimate of drug-likeness (QED) is 0.511. The summed E-state index contributed by atoms with van der Waals surface area (Å²) in [4.78, 5) is 4.65. The summed E-state index contributed by atoms with van der Waals surface area (Å²) in [5, 5.41) is 15.0. The maximum atomic E-state index is 5.42. The zero-order valence-electron chi connectivity index (χ0n) is 15.2. The van der Waals surface area contributed by atoms with E-state index in [1.807, 2.05) is 53.9 Å².